The fraction of sp³-hybridized carbons (Fsp3) is 0.133. The molecule has 0 spiro atoms. The van der Waals surface area contributed by atoms with Crippen LogP contribution < -0.4 is 10.6 Å². The van der Waals surface area contributed by atoms with E-state index in [4.69, 9.17) is 4.74 Å². The van der Waals surface area contributed by atoms with E-state index in [2.05, 4.69) is 5.32 Å². The van der Waals surface area contributed by atoms with Gasteiger partial charge in [0.05, 0.1) is 0 Å². The van der Waals surface area contributed by atoms with Crippen molar-refractivity contribution >= 4 is 28.7 Å². The molecule has 0 saturated heterocycles. The molecule has 0 aliphatic carbocycles. The molecule has 0 saturated carbocycles. The summed E-state index contributed by atoms with van der Waals surface area (Å²) in [5.74, 6) is -1.86. The molecule has 0 aliphatic rings. The van der Waals surface area contributed by atoms with Crippen LogP contribution in [0.2, 0.25) is 0 Å². The Labute approximate surface area is 125 Å². The largest absolute Gasteiger partial charge is 0.507 e. The molecule has 2 aromatic rings. The number of hydrogen-bond donors (Lipinski definition) is 3. The molecular weight excluding hydrogens is 288 g/mol. The van der Waals surface area contributed by atoms with Crippen molar-refractivity contribution in [1.29, 1.82) is 0 Å². The van der Waals surface area contributed by atoms with Gasteiger partial charge in [0.15, 0.2) is 6.61 Å². The number of urea groups is 1. The first kappa shape index (κ1) is 15.3. The van der Waals surface area contributed by atoms with Gasteiger partial charge in [0.1, 0.15) is 11.3 Å². The van der Waals surface area contributed by atoms with Crippen molar-refractivity contribution in [1.82, 2.24) is 10.6 Å². The number of imide groups is 1. The minimum atomic E-state index is -0.852. The number of benzene rings is 2. The molecule has 7 nitrogen and oxygen atoms in total. The van der Waals surface area contributed by atoms with Gasteiger partial charge < -0.3 is 15.2 Å². The van der Waals surface area contributed by atoms with E-state index in [1.807, 2.05) is 11.4 Å². The number of phenols is 1. The Morgan fingerprint density at radius 1 is 1.14 bits per heavy atom. The zero-order chi connectivity index (χ0) is 16.1. The molecule has 0 aromatic heterocycles. The Bertz CT molecular complexity index is 742. The summed E-state index contributed by atoms with van der Waals surface area (Å²) < 4.78 is 4.77. The first-order valence-corrected chi connectivity index (χ1v) is 6.41. The van der Waals surface area contributed by atoms with Crippen LogP contribution in [0.25, 0.3) is 10.8 Å². The van der Waals surface area contributed by atoms with E-state index in [1.165, 1.54) is 19.2 Å². The van der Waals surface area contributed by atoms with Crippen LogP contribution in [-0.2, 0) is 9.53 Å². The summed E-state index contributed by atoms with van der Waals surface area (Å²) >= 11 is 0. The number of fused-ring (bicyclic) bond motifs is 1. The van der Waals surface area contributed by atoms with Gasteiger partial charge in [-0.1, -0.05) is 24.3 Å². The Balaban J connectivity index is 2.08. The van der Waals surface area contributed by atoms with E-state index >= 15 is 0 Å². The number of carbonyl (C=O) groups is 3. The van der Waals surface area contributed by atoms with Gasteiger partial charge in [-0.15, -0.1) is 0 Å². The minimum Gasteiger partial charge on any atom is -0.507 e. The molecule has 0 radical (unpaired) electrons. The van der Waals surface area contributed by atoms with Crippen LogP contribution in [0, 0.1) is 0 Å². The van der Waals surface area contributed by atoms with Gasteiger partial charge in [-0.2, -0.15) is 0 Å². The zero-order valence-electron chi connectivity index (χ0n) is 11.8. The summed E-state index contributed by atoms with van der Waals surface area (Å²) in [6.45, 7) is -0.626. The van der Waals surface area contributed by atoms with Crippen molar-refractivity contribution in [2.45, 2.75) is 0 Å². The topological polar surface area (TPSA) is 105 Å². The van der Waals surface area contributed by atoms with Crippen molar-refractivity contribution < 1.29 is 24.2 Å². The molecule has 22 heavy (non-hydrogen) atoms. The third-order valence-electron chi connectivity index (χ3n) is 2.90. The molecule has 0 atom stereocenters. The molecule has 0 heterocycles. The zero-order valence-corrected chi connectivity index (χ0v) is 11.8. The molecule has 7 heteroatoms. The normalized spacial score (nSPS) is 10.0. The summed E-state index contributed by atoms with van der Waals surface area (Å²) in [5, 5.41) is 15.5. The second-order valence-corrected chi connectivity index (χ2v) is 4.42. The molecule has 0 aliphatic heterocycles. The van der Waals surface area contributed by atoms with Crippen molar-refractivity contribution in [2.75, 3.05) is 13.7 Å². The molecule has 3 amide bonds. The highest BCUT2D eigenvalue weighted by atomic mass is 16.5. The first-order chi connectivity index (χ1) is 10.5. The minimum absolute atomic E-state index is 0.0496. The van der Waals surface area contributed by atoms with Crippen LogP contribution in [0.5, 0.6) is 5.75 Å². The monoisotopic (exact) mass is 302 g/mol. The molecule has 0 bridgehead atoms. The molecule has 114 valence electrons. The first-order valence-electron chi connectivity index (χ1n) is 6.41. The van der Waals surface area contributed by atoms with Crippen LogP contribution in [0.15, 0.2) is 36.4 Å². The van der Waals surface area contributed by atoms with Gasteiger partial charge in [0, 0.05) is 7.05 Å². The predicted molar refractivity (Wildman–Crippen MR) is 78.5 cm³/mol. The summed E-state index contributed by atoms with van der Waals surface area (Å²) in [5.41, 5.74) is -0.0496. The standard InChI is InChI=1S/C15H14N2O5/c1-16-15(21)17-13(19)8-22-14(20)11-6-9-4-2-3-5-10(9)7-12(11)18/h2-7,18H,8H2,1H3,(H2,16,17,19,21). The van der Waals surface area contributed by atoms with Gasteiger partial charge in [-0.05, 0) is 22.9 Å². The lowest BCUT2D eigenvalue weighted by molar-refractivity contribution is -0.123. The number of hydrogen-bond acceptors (Lipinski definition) is 5. The second-order valence-electron chi connectivity index (χ2n) is 4.42. The number of ether oxygens (including phenoxy) is 1. The lowest BCUT2D eigenvalue weighted by Gasteiger charge is -2.08. The maximum atomic E-state index is 11.9. The van der Waals surface area contributed by atoms with Gasteiger partial charge in [-0.3, -0.25) is 10.1 Å². The van der Waals surface area contributed by atoms with Crippen LogP contribution in [0.3, 0.4) is 0 Å². The highest BCUT2D eigenvalue weighted by molar-refractivity contribution is 6.00. The van der Waals surface area contributed by atoms with E-state index in [9.17, 15) is 19.5 Å². The van der Waals surface area contributed by atoms with Gasteiger partial charge in [-0.25, -0.2) is 9.59 Å². The van der Waals surface area contributed by atoms with Crippen molar-refractivity contribution in [3.05, 3.63) is 42.0 Å². The Morgan fingerprint density at radius 2 is 1.77 bits per heavy atom. The molecule has 0 unspecified atom stereocenters. The maximum Gasteiger partial charge on any atom is 0.342 e. The molecule has 0 fully saturated rings. The van der Waals surface area contributed by atoms with Crippen LogP contribution in [0.1, 0.15) is 10.4 Å². The Kier molecular flexibility index (Phi) is 4.57. The SMILES string of the molecule is CNC(=O)NC(=O)COC(=O)c1cc2ccccc2cc1O. The second kappa shape index (κ2) is 6.57. The lowest BCUT2D eigenvalue weighted by Crippen LogP contribution is -2.39. The quantitative estimate of drug-likeness (QED) is 0.738. The van der Waals surface area contributed by atoms with E-state index in [0.29, 0.717) is 0 Å². The van der Waals surface area contributed by atoms with Crippen molar-refractivity contribution in [3.63, 3.8) is 0 Å². The number of rotatable bonds is 3. The van der Waals surface area contributed by atoms with Crippen molar-refractivity contribution in [3.8, 4) is 5.75 Å². The highest BCUT2D eigenvalue weighted by Crippen LogP contribution is 2.25. The Morgan fingerprint density at radius 3 is 2.41 bits per heavy atom. The van der Waals surface area contributed by atoms with E-state index in [1.54, 1.807) is 18.2 Å². The third-order valence-corrected chi connectivity index (χ3v) is 2.90. The predicted octanol–water partition coefficient (Wildman–Crippen LogP) is 1.16. The summed E-state index contributed by atoms with van der Waals surface area (Å²) in [4.78, 5) is 34.2. The van der Waals surface area contributed by atoms with E-state index < -0.39 is 24.5 Å². The van der Waals surface area contributed by atoms with E-state index in [0.717, 1.165) is 10.8 Å². The number of phenolic OH excluding ortho intramolecular Hbond substituents is 1. The smallest absolute Gasteiger partial charge is 0.342 e. The summed E-state index contributed by atoms with van der Waals surface area (Å²) in [7, 11) is 1.35. The van der Waals surface area contributed by atoms with Crippen molar-refractivity contribution in [2.24, 2.45) is 0 Å². The molecular formula is C15H14N2O5. The average molecular weight is 302 g/mol. The van der Waals surface area contributed by atoms with Crippen LogP contribution in [0.4, 0.5) is 4.79 Å². The number of esters is 1. The molecule has 2 rings (SSSR count). The number of aromatic hydroxyl groups is 1. The summed E-state index contributed by atoms with van der Waals surface area (Å²) in [6, 6.07) is 9.40. The van der Waals surface area contributed by atoms with E-state index in [-0.39, 0.29) is 11.3 Å². The van der Waals surface area contributed by atoms with Gasteiger partial charge >= 0.3 is 12.0 Å². The maximum absolute atomic E-state index is 11.9. The fourth-order valence-electron chi connectivity index (χ4n) is 1.83. The van der Waals surface area contributed by atoms with Crippen LogP contribution >= 0.6 is 0 Å². The number of nitrogens with one attached hydrogen (secondary N) is 2. The fourth-order valence-corrected chi connectivity index (χ4v) is 1.83. The average Bonchev–Trinajstić information content (AvgIpc) is 2.51. The van der Waals surface area contributed by atoms with Gasteiger partial charge in [0.25, 0.3) is 5.91 Å². The molecule has 3 N–H and O–H groups in total. The number of carbonyl (C=O) groups excluding carboxylic acids is 3. The number of amides is 3. The third kappa shape index (κ3) is 3.51. The Hall–Kier alpha value is -3.09. The van der Waals surface area contributed by atoms with Gasteiger partial charge in [0.2, 0.25) is 0 Å². The molecule has 2 aromatic carbocycles. The highest BCUT2D eigenvalue weighted by Gasteiger charge is 2.16. The van der Waals surface area contributed by atoms with Crippen LogP contribution in [-0.4, -0.2) is 36.7 Å². The lowest BCUT2D eigenvalue weighted by atomic mass is 10.1. The summed E-state index contributed by atoms with van der Waals surface area (Å²) in [6.07, 6.45) is 0.